The van der Waals surface area contributed by atoms with Gasteiger partial charge in [0.15, 0.2) is 5.82 Å². The van der Waals surface area contributed by atoms with Crippen LogP contribution in [-0.4, -0.2) is 22.7 Å². The largest absolute Gasteiger partial charge is 0.493 e. The highest BCUT2D eigenvalue weighted by Crippen LogP contribution is 2.20. The van der Waals surface area contributed by atoms with Crippen molar-refractivity contribution >= 4 is 0 Å². The van der Waals surface area contributed by atoms with Crippen molar-refractivity contribution in [1.29, 1.82) is 0 Å². The van der Waals surface area contributed by atoms with E-state index in [1.807, 2.05) is 36.7 Å². The zero-order valence-corrected chi connectivity index (χ0v) is 20.3. The minimum absolute atomic E-state index is 0.411. The second kappa shape index (κ2) is 16.6. The van der Waals surface area contributed by atoms with E-state index >= 15 is 0 Å². The van der Waals surface area contributed by atoms with Crippen molar-refractivity contribution in [2.45, 2.75) is 110 Å². The number of alkyl halides is 1. The first-order valence-electron chi connectivity index (χ1n) is 12.9. The Labute approximate surface area is 195 Å². The Balaban J connectivity index is 1.64. The van der Waals surface area contributed by atoms with E-state index in [1.54, 1.807) is 0 Å². The van der Waals surface area contributed by atoms with E-state index in [0.717, 1.165) is 36.4 Å². The van der Waals surface area contributed by atoms with Gasteiger partial charge in [-0.05, 0) is 49.1 Å². The van der Waals surface area contributed by atoms with Gasteiger partial charge >= 0.3 is 0 Å². The van der Waals surface area contributed by atoms with Gasteiger partial charge in [0.1, 0.15) is 11.9 Å². The van der Waals surface area contributed by atoms with Crippen LogP contribution in [0.25, 0.3) is 11.4 Å². The third-order valence-electron chi connectivity index (χ3n) is 5.96. The van der Waals surface area contributed by atoms with Crippen LogP contribution in [0, 0.1) is 0 Å². The van der Waals surface area contributed by atoms with Gasteiger partial charge in [0.05, 0.1) is 6.61 Å². The molecule has 0 spiro atoms. The molecule has 178 valence electrons. The molecule has 0 fully saturated rings. The molecule has 0 aliphatic heterocycles. The van der Waals surface area contributed by atoms with E-state index in [2.05, 4.69) is 23.8 Å². The lowest BCUT2D eigenvalue weighted by Crippen LogP contribution is -2.07. The fourth-order valence-electron chi connectivity index (χ4n) is 3.85. The molecule has 0 saturated carbocycles. The van der Waals surface area contributed by atoms with E-state index in [9.17, 15) is 4.39 Å². The van der Waals surface area contributed by atoms with Gasteiger partial charge in [0.2, 0.25) is 0 Å². The van der Waals surface area contributed by atoms with Gasteiger partial charge in [-0.3, -0.25) is 0 Å². The molecule has 1 atom stereocenters. The van der Waals surface area contributed by atoms with Gasteiger partial charge < -0.3 is 4.74 Å². The number of halogens is 1. The van der Waals surface area contributed by atoms with Crippen molar-refractivity contribution in [2.75, 3.05) is 6.61 Å². The van der Waals surface area contributed by atoms with E-state index < -0.39 is 6.17 Å². The summed E-state index contributed by atoms with van der Waals surface area (Å²) in [5.41, 5.74) is 2.18. The highest BCUT2D eigenvalue weighted by molar-refractivity contribution is 5.55. The molecule has 1 aromatic heterocycles. The second-order valence-corrected chi connectivity index (χ2v) is 8.89. The molecular weight excluding hydrogens is 399 g/mol. The van der Waals surface area contributed by atoms with Crippen LogP contribution in [0.15, 0.2) is 36.7 Å². The van der Waals surface area contributed by atoms with Crippen molar-refractivity contribution in [2.24, 2.45) is 0 Å². The smallest absolute Gasteiger partial charge is 0.159 e. The summed E-state index contributed by atoms with van der Waals surface area (Å²) in [7, 11) is 0. The van der Waals surface area contributed by atoms with Crippen molar-refractivity contribution in [3.8, 4) is 17.1 Å². The molecule has 1 unspecified atom stereocenters. The number of hydrogen-bond acceptors (Lipinski definition) is 3. The molecule has 1 aromatic carbocycles. The molecule has 0 bridgehead atoms. The van der Waals surface area contributed by atoms with Crippen LogP contribution in [0.2, 0.25) is 0 Å². The lowest BCUT2D eigenvalue weighted by molar-refractivity contribution is 0.223. The first-order valence-corrected chi connectivity index (χ1v) is 12.9. The number of ether oxygens (including phenoxy) is 1. The summed E-state index contributed by atoms with van der Waals surface area (Å²) in [6.45, 7) is 4.76. The maximum absolute atomic E-state index is 13.7. The topological polar surface area (TPSA) is 35.0 Å². The summed E-state index contributed by atoms with van der Waals surface area (Å²) in [6.07, 6.45) is 19.3. The van der Waals surface area contributed by atoms with E-state index in [-0.39, 0.29) is 0 Å². The lowest BCUT2D eigenvalue weighted by atomic mass is 10.1. The number of benzene rings is 1. The van der Waals surface area contributed by atoms with Crippen LogP contribution in [0.1, 0.15) is 103 Å². The molecule has 3 nitrogen and oxygen atoms in total. The number of aryl methyl sites for hydroxylation is 1. The Hall–Kier alpha value is -1.97. The van der Waals surface area contributed by atoms with Gasteiger partial charge in [-0.2, -0.15) is 0 Å². The fourth-order valence-corrected chi connectivity index (χ4v) is 3.85. The number of unbranched alkanes of at least 4 members (excludes halogenated alkanes) is 9. The predicted molar refractivity (Wildman–Crippen MR) is 133 cm³/mol. The average molecular weight is 443 g/mol. The maximum atomic E-state index is 13.7. The average Bonchev–Trinajstić information content (AvgIpc) is 2.82. The zero-order chi connectivity index (χ0) is 22.9. The molecule has 0 saturated heterocycles. The van der Waals surface area contributed by atoms with Crippen molar-refractivity contribution in [3.05, 3.63) is 42.2 Å². The van der Waals surface area contributed by atoms with Crippen LogP contribution in [-0.2, 0) is 6.42 Å². The predicted octanol–water partition coefficient (Wildman–Crippen LogP) is 8.51. The molecule has 0 N–H and O–H groups in total. The fraction of sp³-hybridized carbons (Fsp3) is 0.643. The summed E-state index contributed by atoms with van der Waals surface area (Å²) >= 11 is 0. The second-order valence-electron chi connectivity index (χ2n) is 8.89. The summed E-state index contributed by atoms with van der Waals surface area (Å²) in [4.78, 5) is 9.10. The molecule has 1 heterocycles. The molecule has 32 heavy (non-hydrogen) atoms. The molecule has 0 aliphatic rings. The van der Waals surface area contributed by atoms with Crippen molar-refractivity contribution in [1.82, 2.24) is 9.97 Å². The highest BCUT2D eigenvalue weighted by atomic mass is 19.1. The van der Waals surface area contributed by atoms with E-state index in [0.29, 0.717) is 19.4 Å². The SMILES string of the molecule is CCCCCCCCCCCc1cnc(-c2ccc(OCCC(F)CCCC)cc2)nc1. The minimum atomic E-state index is -0.767. The third kappa shape index (κ3) is 11.1. The summed E-state index contributed by atoms with van der Waals surface area (Å²) in [5, 5.41) is 0. The van der Waals surface area contributed by atoms with Gasteiger partial charge in [0, 0.05) is 24.4 Å². The standard InChI is InChI=1S/C28H43FN2O/c1-3-5-7-8-9-10-11-12-13-14-24-22-30-28(31-23-24)25-16-18-27(19-17-25)32-21-20-26(29)15-6-4-2/h16-19,22-23,26H,3-15,20-21H2,1-2H3. The maximum Gasteiger partial charge on any atom is 0.159 e. The Morgan fingerprint density at radius 2 is 1.34 bits per heavy atom. The van der Waals surface area contributed by atoms with Crippen LogP contribution in [0.5, 0.6) is 5.75 Å². The third-order valence-corrected chi connectivity index (χ3v) is 5.96. The first kappa shape index (κ1) is 26.3. The lowest BCUT2D eigenvalue weighted by Gasteiger charge is -2.10. The Morgan fingerprint density at radius 3 is 1.97 bits per heavy atom. The van der Waals surface area contributed by atoms with Gasteiger partial charge in [-0.25, -0.2) is 14.4 Å². The number of aromatic nitrogens is 2. The summed E-state index contributed by atoms with van der Waals surface area (Å²) < 4.78 is 19.4. The number of nitrogens with zero attached hydrogens (tertiary/aromatic N) is 2. The number of rotatable bonds is 18. The first-order chi connectivity index (χ1) is 15.7. The zero-order valence-electron chi connectivity index (χ0n) is 20.3. The van der Waals surface area contributed by atoms with Crippen molar-refractivity contribution in [3.63, 3.8) is 0 Å². The normalized spacial score (nSPS) is 12.1. The number of hydrogen-bond donors (Lipinski definition) is 0. The van der Waals surface area contributed by atoms with Gasteiger partial charge in [-0.1, -0.05) is 78.1 Å². The summed E-state index contributed by atoms with van der Waals surface area (Å²) in [5.74, 6) is 1.49. The minimum Gasteiger partial charge on any atom is -0.493 e. The molecule has 0 radical (unpaired) electrons. The van der Waals surface area contributed by atoms with E-state index in [1.165, 1.54) is 63.4 Å². The molecule has 0 amide bonds. The molecular formula is C28H43FN2O. The summed E-state index contributed by atoms with van der Waals surface area (Å²) in [6, 6.07) is 7.76. The van der Waals surface area contributed by atoms with Crippen LogP contribution < -0.4 is 4.74 Å². The van der Waals surface area contributed by atoms with Crippen molar-refractivity contribution < 1.29 is 9.13 Å². The van der Waals surface area contributed by atoms with Gasteiger partial charge in [-0.15, -0.1) is 0 Å². The molecule has 4 heteroatoms. The molecule has 2 rings (SSSR count). The highest BCUT2D eigenvalue weighted by Gasteiger charge is 2.07. The molecule has 2 aromatic rings. The Kier molecular flexibility index (Phi) is 13.7. The quantitative estimate of drug-likeness (QED) is 0.217. The Morgan fingerprint density at radius 1 is 0.750 bits per heavy atom. The monoisotopic (exact) mass is 442 g/mol. The van der Waals surface area contributed by atoms with Crippen LogP contribution >= 0.6 is 0 Å². The van der Waals surface area contributed by atoms with Crippen LogP contribution in [0.3, 0.4) is 0 Å². The van der Waals surface area contributed by atoms with Crippen LogP contribution in [0.4, 0.5) is 4.39 Å². The van der Waals surface area contributed by atoms with Gasteiger partial charge in [0.25, 0.3) is 0 Å². The molecule has 0 aliphatic carbocycles. The Bertz CT molecular complexity index is 702. The van der Waals surface area contributed by atoms with E-state index in [4.69, 9.17) is 4.74 Å².